The van der Waals surface area contributed by atoms with Crippen molar-refractivity contribution in [2.45, 2.75) is 58.5 Å². The van der Waals surface area contributed by atoms with E-state index in [9.17, 15) is 4.79 Å². The van der Waals surface area contributed by atoms with Crippen molar-refractivity contribution in [2.24, 2.45) is 0 Å². The standard InChI is InChI=1S/C14H29N3O/c1-12(11-17-8-6-5-7-9-17)16-13(18)10-15-14(2,3)4/h12,15H,5-11H2,1-4H3,(H,16,18). The van der Waals surface area contributed by atoms with Gasteiger partial charge in [0.15, 0.2) is 0 Å². The van der Waals surface area contributed by atoms with Gasteiger partial charge in [-0.3, -0.25) is 4.79 Å². The lowest BCUT2D eigenvalue weighted by atomic mass is 10.1. The van der Waals surface area contributed by atoms with E-state index in [-0.39, 0.29) is 17.5 Å². The summed E-state index contributed by atoms with van der Waals surface area (Å²) >= 11 is 0. The average Bonchev–Trinajstić information content (AvgIpc) is 2.26. The molecule has 0 aliphatic carbocycles. The average molecular weight is 255 g/mol. The summed E-state index contributed by atoms with van der Waals surface area (Å²) in [5.74, 6) is 0.0921. The number of nitrogens with zero attached hydrogens (tertiary/aromatic N) is 1. The second-order valence-electron chi connectivity index (χ2n) is 6.43. The van der Waals surface area contributed by atoms with Crippen LogP contribution in [-0.4, -0.2) is 48.6 Å². The quantitative estimate of drug-likeness (QED) is 0.780. The second kappa shape index (κ2) is 7.10. The first-order valence-corrected chi connectivity index (χ1v) is 7.13. The van der Waals surface area contributed by atoms with Crippen LogP contribution in [-0.2, 0) is 4.79 Å². The molecule has 4 heteroatoms. The van der Waals surface area contributed by atoms with Crippen LogP contribution in [0.25, 0.3) is 0 Å². The topological polar surface area (TPSA) is 44.4 Å². The maximum Gasteiger partial charge on any atom is 0.234 e. The summed E-state index contributed by atoms with van der Waals surface area (Å²) < 4.78 is 0. The Kier molecular flexibility index (Phi) is 6.09. The van der Waals surface area contributed by atoms with Crippen molar-refractivity contribution in [2.75, 3.05) is 26.2 Å². The fourth-order valence-electron chi connectivity index (χ4n) is 2.25. The smallest absolute Gasteiger partial charge is 0.234 e. The molecule has 1 heterocycles. The van der Waals surface area contributed by atoms with E-state index in [1.54, 1.807) is 0 Å². The molecule has 1 fully saturated rings. The highest BCUT2D eigenvalue weighted by atomic mass is 16.2. The molecule has 0 aromatic carbocycles. The lowest BCUT2D eigenvalue weighted by Gasteiger charge is -2.29. The zero-order valence-electron chi connectivity index (χ0n) is 12.4. The maximum absolute atomic E-state index is 11.7. The number of carbonyl (C=O) groups is 1. The molecule has 1 unspecified atom stereocenters. The molecule has 106 valence electrons. The minimum atomic E-state index is -0.00650. The summed E-state index contributed by atoms with van der Waals surface area (Å²) in [4.78, 5) is 14.2. The molecule has 0 bridgehead atoms. The molecule has 1 amide bonds. The van der Waals surface area contributed by atoms with E-state index in [0.717, 1.165) is 6.54 Å². The van der Waals surface area contributed by atoms with Gasteiger partial charge in [0, 0.05) is 18.1 Å². The van der Waals surface area contributed by atoms with E-state index >= 15 is 0 Å². The molecule has 1 atom stereocenters. The van der Waals surface area contributed by atoms with E-state index in [1.165, 1.54) is 32.4 Å². The van der Waals surface area contributed by atoms with E-state index in [4.69, 9.17) is 0 Å². The molecule has 1 aliphatic rings. The van der Waals surface area contributed by atoms with E-state index < -0.39 is 0 Å². The SMILES string of the molecule is CC(CN1CCCCC1)NC(=O)CNC(C)(C)C. The van der Waals surface area contributed by atoms with Crippen LogP contribution in [0.2, 0.25) is 0 Å². The van der Waals surface area contributed by atoms with Crippen LogP contribution in [0.4, 0.5) is 0 Å². The van der Waals surface area contributed by atoms with Crippen LogP contribution in [0.3, 0.4) is 0 Å². The lowest BCUT2D eigenvalue weighted by Crippen LogP contribution is -2.48. The van der Waals surface area contributed by atoms with Crippen LogP contribution in [0.15, 0.2) is 0 Å². The number of hydrogen-bond donors (Lipinski definition) is 2. The molecule has 0 aromatic heterocycles. The van der Waals surface area contributed by atoms with Gasteiger partial charge in [0.2, 0.25) is 5.91 Å². The van der Waals surface area contributed by atoms with Gasteiger partial charge >= 0.3 is 0 Å². The van der Waals surface area contributed by atoms with Crippen LogP contribution in [0.1, 0.15) is 47.0 Å². The first kappa shape index (κ1) is 15.4. The van der Waals surface area contributed by atoms with Gasteiger partial charge in [0.05, 0.1) is 6.54 Å². The molecule has 1 aliphatic heterocycles. The van der Waals surface area contributed by atoms with E-state index in [0.29, 0.717) is 6.54 Å². The zero-order chi connectivity index (χ0) is 13.6. The minimum absolute atomic E-state index is 0.00650. The molecule has 4 nitrogen and oxygen atoms in total. The summed E-state index contributed by atoms with van der Waals surface area (Å²) in [7, 11) is 0. The molecule has 1 saturated heterocycles. The van der Waals surface area contributed by atoms with E-state index in [2.05, 4.69) is 43.2 Å². The van der Waals surface area contributed by atoms with Crippen molar-refractivity contribution in [3.8, 4) is 0 Å². The number of hydrogen-bond acceptors (Lipinski definition) is 3. The Morgan fingerprint density at radius 2 is 1.83 bits per heavy atom. The van der Waals surface area contributed by atoms with Crippen molar-refractivity contribution in [1.29, 1.82) is 0 Å². The van der Waals surface area contributed by atoms with Gasteiger partial charge in [-0.2, -0.15) is 0 Å². The molecule has 0 aromatic rings. The number of amides is 1. The van der Waals surface area contributed by atoms with Crippen LogP contribution < -0.4 is 10.6 Å². The van der Waals surface area contributed by atoms with Crippen molar-refractivity contribution in [3.05, 3.63) is 0 Å². The lowest BCUT2D eigenvalue weighted by molar-refractivity contribution is -0.121. The first-order chi connectivity index (χ1) is 8.37. The maximum atomic E-state index is 11.7. The van der Waals surface area contributed by atoms with Gasteiger partial charge in [-0.1, -0.05) is 6.42 Å². The monoisotopic (exact) mass is 255 g/mol. The fourth-order valence-corrected chi connectivity index (χ4v) is 2.25. The number of rotatable bonds is 5. The van der Waals surface area contributed by atoms with Gasteiger partial charge in [-0.05, 0) is 53.6 Å². The van der Waals surface area contributed by atoms with Crippen LogP contribution in [0.5, 0.6) is 0 Å². The molecular formula is C14H29N3O. The molecular weight excluding hydrogens is 226 g/mol. The predicted octanol–water partition coefficient (Wildman–Crippen LogP) is 1.37. The predicted molar refractivity (Wildman–Crippen MR) is 75.7 cm³/mol. The summed E-state index contributed by atoms with van der Waals surface area (Å²) in [6.45, 7) is 12.0. The molecule has 0 saturated carbocycles. The third kappa shape index (κ3) is 6.97. The van der Waals surface area contributed by atoms with Gasteiger partial charge in [-0.25, -0.2) is 0 Å². The Bertz CT molecular complexity index is 254. The number of piperidine rings is 1. The minimum Gasteiger partial charge on any atom is -0.351 e. The third-order valence-electron chi connectivity index (χ3n) is 3.17. The van der Waals surface area contributed by atoms with Crippen molar-refractivity contribution >= 4 is 5.91 Å². The Morgan fingerprint density at radius 1 is 1.22 bits per heavy atom. The highest BCUT2D eigenvalue weighted by Gasteiger charge is 2.16. The Morgan fingerprint density at radius 3 is 2.39 bits per heavy atom. The summed E-state index contributed by atoms with van der Waals surface area (Å²) in [6.07, 6.45) is 3.95. The normalized spacial score (nSPS) is 19.6. The van der Waals surface area contributed by atoms with Crippen molar-refractivity contribution < 1.29 is 4.79 Å². The highest BCUT2D eigenvalue weighted by Crippen LogP contribution is 2.08. The number of carbonyl (C=O) groups excluding carboxylic acids is 1. The summed E-state index contributed by atoms with van der Waals surface area (Å²) in [5.41, 5.74) is -0.00650. The first-order valence-electron chi connectivity index (χ1n) is 7.13. The Hall–Kier alpha value is -0.610. The highest BCUT2D eigenvalue weighted by molar-refractivity contribution is 5.78. The van der Waals surface area contributed by atoms with Gasteiger partial charge in [0.25, 0.3) is 0 Å². The molecule has 0 spiro atoms. The number of nitrogens with one attached hydrogen (secondary N) is 2. The molecule has 2 N–H and O–H groups in total. The summed E-state index contributed by atoms with van der Waals surface area (Å²) in [5, 5.41) is 6.26. The number of likely N-dealkylation sites (tertiary alicyclic amines) is 1. The van der Waals surface area contributed by atoms with Crippen molar-refractivity contribution in [1.82, 2.24) is 15.5 Å². The second-order valence-corrected chi connectivity index (χ2v) is 6.43. The van der Waals surface area contributed by atoms with Crippen LogP contribution in [0, 0.1) is 0 Å². The Labute approximate surface area is 111 Å². The molecule has 1 rings (SSSR count). The van der Waals surface area contributed by atoms with Crippen molar-refractivity contribution in [3.63, 3.8) is 0 Å². The molecule has 0 radical (unpaired) electrons. The van der Waals surface area contributed by atoms with Crippen LogP contribution >= 0.6 is 0 Å². The summed E-state index contributed by atoms with van der Waals surface area (Å²) in [6, 6.07) is 0.234. The molecule has 18 heavy (non-hydrogen) atoms. The Balaban J connectivity index is 2.18. The fraction of sp³-hybridized carbons (Fsp3) is 0.929. The third-order valence-corrected chi connectivity index (χ3v) is 3.17. The van der Waals surface area contributed by atoms with Gasteiger partial charge in [-0.15, -0.1) is 0 Å². The van der Waals surface area contributed by atoms with E-state index in [1.807, 2.05) is 0 Å². The van der Waals surface area contributed by atoms with Gasteiger partial charge in [0.1, 0.15) is 0 Å². The zero-order valence-corrected chi connectivity index (χ0v) is 12.4. The van der Waals surface area contributed by atoms with Gasteiger partial charge < -0.3 is 15.5 Å². The largest absolute Gasteiger partial charge is 0.351 e.